The maximum atomic E-state index is 6.08. The summed E-state index contributed by atoms with van der Waals surface area (Å²) >= 11 is 0. The topological polar surface area (TPSA) is 26.0 Å². The fraction of sp³-hybridized carbons (Fsp3) is 0.368. The summed E-state index contributed by atoms with van der Waals surface area (Å²) in [5.74, 6) is 0.400. The molecule has 0 radical (unpaired) electrons. The minimum atomic E-state index is 0.400. The first-order valence-corrected chi connectivity index (χ1v) is 7.35. The molecule has 0 aliphatic carbocycles. The van der Waals surface area contributed by atoms with Crippen molar-refractivity contribution >= 4 is 0 Å². The minimum Gasteiger partial charge on any atom is -0.330 e. The zero-order chi connectivity index (χ0) is 14.7. The standard InChI is InChI=1S/C19H25N/c1-13-9-15(3)19(16(4)10-13)18(12-20)11-17-8-6-5-7-14(17)2/h5-10,18H,11-12,20H2,1-4H3. The molecule has 0 saturated carbocycles. The van der Waals surface area contributed by atoms with Crippen LogP contribution in [0.2, 0.25) is 0 Å². The highest BCUT2D eigenvalue weighted by Crippen LogP contribution is 2.28. The van der Waals surface area contributed by atoms with Gasteiger partial charge in [-0.25, -0.2) is 0 Å². The number of rotatable bonds is 4. The Morgan fingerprint density at radius 1 is 0.900 bits per heavy atom. The molecule has 1 atom stereocenters. The van der Waals surface area contributed by atoms with Crippen LogP contribution < -0.4 is 5.73 Å². The molecule has 0 aromatic heterocycles. The molecule has 0 bridgehead atoms. The second-order valence-electron chi connectivity index (χ2n) is 5.88. The molecule has 2 N–H and O–H groups in total. The van der Waals surface area contributed by atoms with Crippen molar-refractivity contribution in [3.05, 3.63) is 69.8 Å². The molecule has 1 nitrogen and oxygen atoms in total. The van der Waals surface area contributed by atoms with Crippen LogP contribution in [0, 0.1) is 27.7 Å². The Morgan fingerprint density at radius 2 is 1.50 bits per heavy atom. The van der Waals surface area contributed by atoms with Crippen molar-refractivity contribution in [2.24, 2.45) is 5.73 Å². The summed E-state index contributed by atoms with van der Waals surface area (Å²) in [7, 11) is 0. The molecule has 1 heteroatoms. The first-order chi connectivity index (χ1) is 9.52. The van der Waals surface area contributed by atoms with Crippen LogP contribution in [0.1, 0.15) is 39.3 Å². The lowest BCUT2D eigenvalue weighted by Gasteiger charge is -2.22. The minimum absolute atomic E-state index is 0.400. The number of hydrogen-bond donors (Lipinski definition) is 1. The van der Waals surface area contributed by atoms with E-state index in [1.165, 1.54) is 33.4 Å². The Hall–Kier alpha value is -1.60. The van der Waals surface area contributed by atoms with Gasteiger partial charge in [-0.3, -0.25) is 0 Å². The van der Waals surface area contributed by atoms with Crippen molar-refractivity contribution in [2.45, 2.75) is 40.0 Å². The van der Waals surface area contributed by atoms with Crippen molar-refractivity contribution in [3.63, 3.8) is 0 Å². The van der Waals surface area contributed by atoms with Gasteiger partial charge >= 0.3 is 0 Å². The summed E-state index contributed by atoms with van der Waals surface area (Å²) in [4.78, 5) is 0. The molecule has 2 aromatic rings. The fourth-order valence-corrected chi connectivity index (χ4v) is 3.24. The largest absolute Gasteiger partial charge is 0.330 e. The van der Waals surface area contributed by atoms with Crippen molar-refractivity contribution in [1.82, 2.24) is 0 Å². The van der Waals surface area contributed by atoms with E-state index in [1.807, 2.05) is 0 Å². The van der Waals surface area contributed by atoms with Crippen LogP contribution in [0.15, 0.2) is 36.4 Å². The SMILES string of the molecule is Cc1cc(C)c(C(CN)Cc2ccccc2C)c(C)c1. The van der Waals surface area contributed by atoms with Gasteiger partial charge in [-0.15, -0.1) is 0 Å². The van der Waals surface area contributed by atoms with Crippen LogP contribution in [-0.4, -0.2) is 6.54 Å². The van der Waals surface area contributed by atoms with E-state index in [9.17, 15) is 0 Å². The van der Waals surface area contributed by atoms with E-state index in [-0.39, 0.29) is 0 Å². The Labute approximate surface area is 122 Å². The molecular formula is C19H25N. The van der Waals surface area contributed by atoms with Crippen molar-refractivity contribution < 1.29 is 0 Å². The molecule has 0 saturated heterocycles. The lowest BCUT2D eigenvalue weighted by Crippen LogP contribution is -2.18. The summed E-state index contributed by atoms with van der Waals surface area (Å²) in [5.41, 5.74) is 14.3. The number of aryl methyl sites for hydroxylation is 4. The van der Waals surface area contributed by atoms with Gasteiger partial charge in [0.15, 0.2) is 0 Å². The first-order valence-electron chi connectivity index (χ1n) is 7.35. The highest BCUT2D eigenvalue weighted by atomic mass is 14.5. The molecule has 0 heterocycles. The Morgan fingerprint density at radius 3 is 2.05 bits per heavy atom. The van der Waals surface area contributed by atoms with Crippen molar-refractivity contribution in [1.29, 1.82) is 0 Å². The normalized spacial score (nSPS) is 12.4. The van der Waals surface area contributed by atoms with Crippen molar-refractivity contribution in [3.8, 4) is 0 Å². The molecule has 0 aliphatic heterocycles. The summed E-state index contributed by atoms with van der Waals surface area (Å²) in [6.07, 6.45) is 1.02. The van der Waals surface area contributed by atoms with E-state index < -0.39 is 0 Å². The second kappa shape index (κ2) is 6.23. The highest BCUT2D eigenvalue weighted by molar-refractivity contribution is 5.41. The monoisotopic (exact) mass is 267 g/mol. The zero-order valence-corrected chi connectivity index (χ0v) is 13.0. The Bertz CT molecular complexity index is 575. The van der Waals surface area contributed by atoms with E-state index >= 15 is 0 Å². The van der Waals surface area contributed by atoms with Gasteiger partial charge in [-0.2, -0.15) is 0 Å². The molecule has 0 aliphatic rings. The van der Waals surface area contributed by atoms with Crippen LogP contribution in [0.5, 0.6) is 0 Å². The fourth-order valence-electron chi connectivity index (χ4n) is 3.24. The number of benzene rings is 2. The average molecular weight is 267 g/mol. The van der Waals surface area contributed by atoms with Crippen molar-refractivity contribution in [2.75, 3.05) is 6.54 Å². The highest BCUT2D eigenvalue weighted by Gasteiger charge is 2.16. The maximum absolute atomic E-state index is 6.08. The number of nitrogens with two attached hydrogens (primary N) is 1. The van der Waals surface area contributed by atoms with Crippen LogP contribution in [0.4, 0.5) is 0 Å². The van der Waals surface area contributed by atoms with E-state index in [0.29, 0.717) is 12.5 Å². The third-order valence-electron chi connectivity index (χ3n) is 4.16. The quantitative estimate of drug-likeness (QED) is 0.882. The lowest BCUT2D eigenvalue weighted by atomic mass is 9.84. The Balaban J connectivity index is 2.37. The smallest absolute Gasteiger partial charge is 0.000691 e. The molecular weight excluding hydrogens is 242 g/mol. The second-order valence-corrected chi connectivity index (χ2v) is 5.88. The van der Waals surface area contributed by atoms with Gasteiger partial charge in [0.05, 0.1) is 0 Å². The van der Waals surface area contributed by atoms with Crippen LogP contribution in [-0.2, 0) is 6.42 Å². The average Bonchev–Trinajstić information content (AvgIpc) is 2.38. The summed E-state index contributed by atoms with van der Waals surface area (Å²) in [6, 6.07) is 13.1. The predicted molar refractivity (Wildman–Crippen MR) is 87.3 cm³/mol. The molecule has 2 rings (SSSR count). The van der Waals surface area contributed by atoms with Gasteiger partial charge in [0.2, 0.25) is 0 Å². The molecule has 0 fully saturated rings. The van der Waals surface area contributed by atoms with Gasteiger partial charge in [0.25, 0.3) is 0 Å². The molecule has 0 amide bonds. The van der Waals surface area contributed by atoms with E-state index in [0.717, 1.165) is 6.42 Å². The summed E-state index contributed by atoms with van der Waals surface area (Å²) in [6.45, 7) is 9.44. The van der Waals surface area contributed by atoms with Crippen LogP contribution in [0.25, 0.3) is 0 Å². The predicted octanol–water partition coefficient (Wildman–Crippen LogP) is 4.21. The zero-order valence-electron chi connectivity index (χ0n) is 13.0. The van der Waals surface area contributed by atoms with E-state index in [2.05, 4.69) is 64.1 Å². The molecule has 2 aromatic carbocycles. The van der Waals surface area contributed by atoms with Gasteiger partial charge in [0, 0.05) is 5.92 Å². The lowest BCUT2D eigenvalue weighted by molar-refractivity contribution is 0.682. The summed E-state index contributed by atoms with van der Waals surface area (Å²) < 4.78 is 0. The Kier molecular flexibility index (Phi) is 4.61. The van der Waals surface area contributed by atoms with Crippen LogP contribution in [0.3, 0.4) is 0 Å². The molecule has 1 unspecified atom stereocenters. The van der Waals surface area contributed by atoms with Crippen LogP contribution >= 0.6 is 0 Å². The third kappa shape index (κ3) is 3.10. The molecule has 106 valence electrons. The van der Waals surface area contributed by atoms with Gasteiger partial charge in [-0.05, 0) is 68.5 Å². The number of hydrogen-bond acceptors (Lipinski definition) is 1. The molecule has 20 heavy (non-hydrogen) atoms. The van der Waals surface area contributed by atoms with Gasteiger partial charge < -0.3 is 5.73 Å². The van der Waals surface area contributed by atoms with Gasteiger partial charge in [-0.1, -0.05) is 42.0 Å². The van der Waals surface area contributed by atoms with E-state index in [1.54, 1.807) is 0 Å². The third-order valence-corrected chi connectivity index (χ3v) is 4.16. The van der Waals surface area contributed by atoms with E-state index in [4.69, 9.17) is 5.73 Å². The summed E-state index contributed by atoms with van der Waals surface area (Å²) in [5, 5.41) is 0. The first kappa shape index (κ1) is 14.8. The van der Waals surface area contributed by atoms with Gasteiger partial charge in [0.1, 0.15) is 0 Å². The maximum Gasteiger partial charge on any atom is 0.000691 e. The molecule has 0 spiro atoms.